The first-order valence-electron chi connectivity index (χ1n) is 5.72. The number of rotatable bonds is 4. The molecule has 0 spiro atoms. The molecular weight excluding hydrogens is 234 g/mol. The fourth-order valence-corrected chi connectivity index (χ4v) is 1.89. The molecule has 0 radical (unpaired) electrons. The van der Waals surface area contributed by atoms with Crippen LogP contribution in [-0.2, 0) is 11.2 Å². The Morgan fingerprint density at radius 2 is 2.50 bits per heavy atom. The molecule has 0 saturated carbocycles. The third kappa shape index (κ3) is 2.55. The van der Waals surface area contributed by atoms with E-state index in [2.05, 4.69) is 10.0 Å². The monoisotopic (exact) mass is 247 g/mol. The largest absolute Gasteiger partial charge is 0.490 e. The first-order chi connectivity index (χ1) is 8.74. The quantitative estimate of drug-likeness (QED) is 0.354. The van der Waals surface area contributed by atoms with Gasteiger partial charge in [0, 0.05) is 11.3 Å². The van der Waals surface area contributed by atoms with Gasteiger partial charge in [-0.2, -0.15) is 0 Å². The molecule has 0 bridgehead atoms. The topological polar surface area (TPSA) is 84.3 Å². The van der Waals surface area contributed by atoms with Crippen LogP contribution in [-0.4, -0.2) is 25.2 Å². The van der Waals surface area contributed by atoms with E-state index in [0.717, 1.165) is 11.3 Å². The molecule has 94 valence electrons. The highest BCUT2D eigenvalue weighted by Gasteiger charge is 2.23. The van der Waals surface area contributed by atoms with Crippen molar-refractivity contribution in [3.63, 3.8) is 0 Å². The maximum atomic E-state index is 11.6. The van der Waals surface area contributed by atoms with Gasteiger partial charge < -0.3 is 9.47 Å². The van der Waals surface area contributed by atoms with Gasteiger partial charge in [-0.15, -0.1) is 0 Å². The molecule has 18 heavy (non-hydrogen) atoms. The minimum absolute atomic E-state index is 0.145. The van der Waals surface area contributed by atoms with Gasteiger partial charge in [0.05, 0.1) is 18.7 Å². The van der Waals surface area contributed by atoms with Gasteiger partial charge in [-0.1, -0.05) is 5.11 Å². The lowest BCUT2D eigenvalue weighted by molar-refractivity contribution is 0.0526. The number of azide groups is 1. The molecule has 0 fully saturated rings. The lowest BCUT2D eigenvalue weighted by Gasteiger charge is -2.05. The number of esters is 1. The zero-order chi connectivity index (χ0) is 13.0. The summed E-state index contributed by atoms with van der Waals surface area (Å²) < 4.78 is 10.5. The number of nitrogens with zero attached hydrogens (tertiary/aromatic N) is 3. The lowest BCUT2D eigenvalue weighted by Crippen LogP contribution is -2.16. The van der Waals surface area contributed by atoms with Crippen LogP contribution in [0.2, 0.25) is 0 Å². The van der Waals surface area contributed by atoms with Crippen molar-refractivity contribution >= 4 is 5.97 Å². The molecule has 0 aliphatic carbocycles. The van der Waals surface area contributed by atoms with Crippen LogP contribution in [0.1, 0.15) is 22.8 Å². The molecule has 1 atom stereocenters. The van der Waals surface area contributed by atoms with Crippen LogP contribution in [0.4, 0.5) is 0 Å². The van der Waals surface area contributed by atoms with Crippen molar-refractivity contribution in [3.05, 3.63) is 39.8 Å². The highest BCUT2D eigenvalue weighted by atomic mass is 16.5. The van der Waals surface area contributed by atoms with Crippen molar-refractivity contribution in [2.75, 3.05) is 13.2 Å². The fourth-order valence-electron chi connectivity index (χ4n) is 1.89. The minimum Gasteiger partial charge on any atom is -0.490 e. The summed E-state index contributed by atoms with van der Waals surface area (Å²) in [6.07, 6.45) is 0.495. The first kappa shape index (κ1) is 12.3. The van der Waals surface area contributed by atoms with Crippen LogP contribution in [0.25, 0.3) is 10.4 Å². The summed E-state index contributed by atoms with van der Waals surface area (Å²) in [7, 11) is 0. The van der Waals surface area contributed by atoms with E-state index in [4.69, 9.17) is 15.0 Å². The van der Waals surface area contributed by atoms with E-state index in [9.17, 15) is 4.79 Å². The smallest absolute Gasteiger partial charge is 0.338 e. The predicted molar refractivity (Wildman–Crippen MR) is 64.5 cm³/mol. The molecule has 0 aromatic heterocycles. The summed E-state index contributed by atoms with van der Waals surface area (Å²) in [4.78, 5) is 14.3. The Labute approximate surface area is 104 Å². The Morgan fingerprint density at radius 1 is 1.67 bits per heavy atom. The van der Waals surface area contributed by atoms with E-state index in [1.807, 2.05) is 0 Å². The molecule has 1 aliphatic rings. The Kier molecular flexibility index (Phi) is 3.69. The second-order valence-electron chi connectivity index (χ2n) is 3.90. The second-order valence-corrected chi connectivity index (χ2v) is 3.90. The van der Waals surface area contributed by atoms with Gasteiger partial charge in [-0.05, 0) is 36.2 Å². The molecule has 2 rings (SSSR count). The molecule has 6 heteroatoms. The van der Waals surface area contributed by atoms with Gasteiger partial charge in [0.25, 0.3) is 0 Å². The normalized spacial score (nSPS) is 16.4. The van der Waals surface area contributed by atoms with E-state index in [-0.39, 0.29) is 12.1 Å². The van der Waals surface area contributed by atoms with Gasteiger partial charge in [0.1, 0.15) is 11.9 Å². The Balaban J connectivity index is 2.11. The van der Waals surface area contributed by atoms with Crippen LogP contribution < -0.4 is 4.74 Å². The summed E-state index contributed by atoms with van der Waals surface area (Å²) in [5.41, 5.74) is 9.72. The molecular formula is C12H13N3O3. The molecule has 1 aromatic rings. The van der Waals surface area contributed by atoms with Crippen molar-refractivity contribution in [1.82, 2.24) is 0 Å². The van der Waals surface area contributed by atoms with E-state index >= 15 is 0 Å². The molecule has 1 unspecified atom stereocenters. The molecule has 1 heterocycles. The van der Waals surface area contributed by atoms with Crippen LogP contribution in [0.15, 0.2) is 23.3 Å². The van der Waals surface area contributed by atoms with E-state index in [1.54, 1.807) is 25.1 Å². The number of carbonyl (C=O) groups is 1. The number of ether oxygens (including phenoxy) is 2. The lowest BCUT2D eigenvalue weighted by atomic mass is 10.1. The molecule has 1 aromatic carbocycles. The molecule has 0 saturated heterocycles. The van der Waals surface area contributed by atoms with E-state index in [0.29, 0.717) is 25.1 Å². The average Bonchev–Trinajstić information content (AvgIpc) is 2.78. The SMILES string of the molecule is CCOC(=O)c1ccc2c(c1)CC(CN=[N+]=[N-])O2. The molecule has 6 nitrogen and oxygen atoms in total. The molecule has 1 aliphatic heterocycles. The Morgan fingerprint density at radius 3 is 3.22 bits per heavy atom. The summed E-state index contributed by atoms with van der Waals surface area (Å²) >= 11 is 0. The third-order valence-corrected chi connectivity index (χ3v) is 2.66. The number of hydrogen-bond donors (Lipinski definition) is 0. The maximum absolute atomic E-state index is 11.6. The van der Waals surface area contributed by atoms with Gasteiger partial charge >= 0.3 is 5.97 Å². The van der Waals surface area contributed by atoms with Crippen molar-refractivity contribution in [2.45, 2.75) is 19.4 Å². The number of hydrogen-bond acceptors (Lipinski definition) is 4. The van der Waals surface area contributed by atoms with Crippen molar-refractivity contribution in [2.24, 2.45) is 5.11 Å². The van der Waals surface area contributed by atoms with Crippen LogP contribution in [0.5, 0.6) is 5.75 Å². The van der Waals surface area contributed by atoms with Crippen molar-refractivity contribution in [3.8, 4) is 5.75 Å². The zero-order valence-electron chi connectivity index (χ0n) is 10.00. The Hall–Kier alpha value is -2.20. The van der Waals surface area contributed by atoms with Crippen LogP contribution >= 0.6 is 0 Å². The van der Waals surface area contributed by atoms with Crippen molar-refractivity contribution < 1.29 is 14.3 Å². The molecule has 0 amide bonds. The highest BCUT2D eigenvalue weighted by Crippen LogP contribution is 2.29. The van der Waals surface area contributed by atoms with E-state index in [1.165, 1.54) is 0 Å². The number of benzene rings is 1. The number of carbonyl (C=O) groups excluding carboxylic acids is 1. The summed E-state index contributed by atoms with van der Waals surface area (Å²) in [6, 6.07) is 5.19. The van der Waals surface area contributed by atoms with Gasteiger partial charge in [-0.3, -0.25) is 0 Å². The first-order valence-corrected chi connectivity index (χ1v) is 5.72. The van der Waals surface area contributed by atoms with Crippen LogP contribution in [0.3, 0.4) is 0 Å². The number of fused-ring (bicyclic) bond motifs is 1. The Bertz CT molecular complexity index is 509. The summed E-state index contributed by atoms with van der Waals surface area (Å²) in [5.74, 6) is 0.403. The average molecular weight is 247 g/mol. The highest BCUT2D eigenvalue weighted by molar-refractivity contribution is 5.89. The second kappa shape index (κ2) is 5.42. The molecule has 0 N–H and O–H groups in total. The fraction of sp³-hybridized carbons (Fsp3) is 0.417. The standard InChI is InChI=1S/C12H13N3O3/c1-2-17-12(16)8-3-4-11-9(5-8)6-10(18-11)7-14-15-13/h3-5,10H,2,6-7H2,1H3. The third-order valence-electron chi connectivity index (χ3n) is 2.66. The van der Waals surface area contributed by atoms with Gasteiger partial charge in [0.15, 0.2) is 0 Å². The zero-order valence-corrected chi connectivity index (χ0v) is 10.00. The van der Waals surface area contributed by atoms with Gasteiger partial charge in [-0.25, -0.2) is 4.79 Å². The van der Waals surface area contributed by atoms with E-state index < -0.39 is 0 Å². The van der Waals surface area contributed by atoms with Gasteiger partial charge in [0.2, 0.25) is 0 Å². The summed E-state index contributed by atoms with van der Waals surface area (Å²) in [5, 5.41) is 3.49. The van der Waals surface area contributed by atoms with Crippen LogP contribution in [0, 0.1) is 0 Å². The maximum Gasteiger partial charge on any atom is 0.338 e. The van der Waals surface area contributed by atoms with Crippen molar-refractivity contribution in [1.29, 1.82) is 0 Å². The predicted octanol–water partition coefficient (Wildman–Crippen LogP) is 2.48. The summed E-state index contributed by atoms with van der Waals surface area (Å²) in [6.45, 7) is 2.41. The minimum atomic E-state index is -0.334.